The van der Waals surface area contributed by atoms with Crippen LogP contribution in [-0.4, -0.2) is 28.3 Å². The van der Waals surface area contributed by atoms with Crippen molar-refractivity contribution in [2.75, 3.05) is 11.9 Å². The van der Waals surface area contributed by atoms with Gasteiger partial charge in [-0.1, -0.05) is 0 Å². The Labute approximate surface area is 130 Å². The lowest BCUT2D eigenvalue weighted by Crippen LogP contribution is -2.28. The summed E-state index contributed by atoms with van der Waals surface area (Å²) in [5, 5.41) is 10.5. The predicted octanol–water partition coefficient (Wildman–Crippen LogP) is 3.40. The highest BCUT2D eigenvalue weighted by Crippen LogP contribution is 2.32. The third-order valence-corrected chi connectivity index (χ3v) is 2.81. The number of nitrogens with zero attached hydrogens (tertiary/aromatic N) is 2. The van der Waals surface area contributed by atoms with Crippen LogP contribution in [0.15, 0.2) is 24.4 Å². The van der Waals surface area contributed by atoms with E-state index in [0.717, 1.165) is 12.1 Å². The molecule has 124 valence electrons. The van der Waals surface area contributed by atoms with Crippen LogP contribution in [0.1, 0.15) is 26.3 Å². The average Bonchev–Trinajstić information content (AvgIpc) is 2.41. The van der Waals surface area contributed by atoms with Crippen molar-refractivity contribution in [1.29, 1.82) is 0 Å². The van der Waals surface area contributed by atoms with Crippen LogP contribution in [-0.2, 0) is 15.7 Å². The van der Waals surface area contributed by atoms with Gasteiger partial charge in [0.1, 0.15) is 12.1 Å². The van der Waals surface area contributed by atoms with Gasteiger partial charge in [0.25, 0.3) is 0 Å². The predicted molar refractivity (Wildman–Crippen MR) is 78.9 cm³/mol. The molecule has 0 unspecified atom stereocenters. The molecule has 2 rings (SSSR count). The van der Waals surface area contributed by atoms with Crippen LogP contribution in [0.3, 0.4) is 0 Å². The molecular weight excluding hydrogens is 311 g/mol. The van der Waals surface area contributed by atoms with Crippen molar-refractivity contribution >= 4 is 22.6 Å². The second-order valence-electron chi connectivity index (χ2n) is 5.93. The molecule has 8 heteroatoms. The molecule has 23 heavy (non-hydrogen) atoms. The van der Waals surface area contributed by atoms with Gasteiger partial charge in [-0.3, -0.25) is 4.79 Å². The molecule has 1 aromatic heterocycles. The molecule has 0 aliphatic rings. The van der Waals surface area contributed by atoms with Crippen molar-refractivity contribution in [2.45, 2.75) is 32.5 Å². The molecule has 5 nitrogen and oxygen atoms in total. The molecule has 2 aromatic rings. The third kappa shape index (κ3) is 4.54. The summed E-state index contributed by atoms with van der Waals surface area (Å²) in [6.07, 6.45) is -3.19. The van der Waals surface area contributed by atoms with E-state index < -0.39 is 23.3 Å². The molecule has 0 saturated carbocycles. The van der Waals surface area contributed by atoms with E-state index in [1.807, 2.05) is 0 Å². The van der Waals surface area contributed by atoms with E-state index in [9.17, 15) is 18.0 Å². The summed E-state index contributed by atoms with van der Waals surface area (Å²) in [4.78, 5) is 11.7. The minimum atomic E-state index is -4.46. The summed E-state index contributed by atoms with van der Waals surface area (Å²) in [5.41, 5.74) is -0.849. The number of rotatable bonds is 3. The Morgan fingerprint density at radius 3 is 2.57 bits per heavy atom. The van der Waals surface area contributed by atoms with E-state index in [1.54, 1.807) is 20.8 Å². The van der Waals surface area contributed by atoms with Gasteiger partial charge in [0.15, 0.2) is 0 Å². The molecule has 1 aromatic carbocycles. The molecule has 0 bridgehead atoms. The van der Waals surface area contributed by atoms with Gasteiger partial charge >= 0.3 is 12.1 Å². The smallest absolute Gasteiger partial charge is 0.416 e. The molecule has 1 heterocycles. The van der Waals surface area contributed by atoms with Crippen LogP contribution < -0.4 is 5.32 Å². The van der Waals surface area contributed by atoms with E-state index >= 15 is 0 Å². The molecule has 0 spiro atoms. The zero-order chi connectivity index (χ0) is 17.3. The Morgan fingerprint density at radius 1 is 1.26 bits per heavy atom. The van der Waals surface area contributed by atoms with Crippen LogP contribution in [0.2, 0.25) is 0 Å². The van der Waals surface area contributed by atoms with Crippen molar-refractivity contribution in [3.05, 3.63) is 30.0 Å². The number of carbonyl (C=O) groups is 1. The third-order valence-electron chi connectivity index (χ3n) is 2.81. The molecule has 1 N–H and O–H groups in total. The van der Waals surface area contributed by atoms with Gasteiger partial charge in [0, 0.05) is 5.39 Å². The maximum atomic E-state index is 12.8. The number of nitrogens with one attached hydrogen (secondary N) is 1. The molecule has 0 saturated heterocycles. The number of benzene rings is 1. The first-order valence-electron chi connectivity index (χ1n) is 6.84. The highest BCUT2D eigenvalue weighted by Gasteiger charge is 2.30. The molecular formula is C15H16F3N3O2. The van der Waals surface area contributed by atoms with Crippen molar-refractivity contribution in [3.63, 3.8) is 0 Å². The standard InChI is InChI=1S/C15H16F3N3O2/c1-14(2,3)23-13(22)8-19-12-7-20-21-11-5-4-9(6-10(11)12)15(16,17)18/h4-7H,8H2,1-3H3,(H,19,21). The molecule has 0 aliphatic carbocycles. The van der Waals surface area contributed by atoms with Gasteiger partial charge in [-0.25, -0.2) is 0 Å². The zero-order valence-corrected chi connectivity index (χ0v) is 12.9. The zero-order valence-electron chi connectivity index (χ0n) is 12.9. The monoisotopic (exact) mass is 327 g/mol. The quantitative estimate of drug-likeness (QED) is 0.875. The summed E-state index contributed by atoms with van der Waals surface area (Å²) in [5.74, 6) is -0.519. The Kier molecular flexibility index (Phi) is 4.44. The Hall–Kier alpha value is -2.38. The number of ether oxygens (including phenoxy) is 1. The summed E-state index contributed by atoms with van der Waals surface area (Å²) in [7, 11) is 0. The maximum Gasteiger partial charge on any atom is 0.416 e. The minimum Gasteiger partial charge on any atom is -0.459 e. The fraction of sp³-hybridized carbons (Fsp3) is 0.400. The second kappa shape index (κ2) is 6.02. The maximum absolute atomic E-state index is 12.8. The highest BCUT2D eigenvalue weighted by atomic mass is 19.4. The van der Waals surface area contributed by atoms with Gasteiger partial charge in [0.2, 0.25) is 0 Å². The van der Waals surface area contributed by atoms with Crippen LogP contribution in [0.5, 0.6) is 0 Å². The number of esters is 1. The summed E-state index contributed by atoms with van der Waals surface area (Å²) in [6.45, 7) is 4.99. The van der Waals surface area contributed by atoms with Gasteiger partial charge < -0.3 is 10.1 Å². The van der Waals surface area contributed by atoms with Crippen LogP contribution in [0.4, 0.5) is 18.9 Å². The minimum absolute atomic E-state index is 0.186. The largest absolute Gasteiger partial charge is 0.459 e. The number of hydrogen-bond acceptors (Lipinski definition) is 5. The second-order valence-corrected chi connectivity index (χ2v) is 5.93. The first-order valence-corrected chi connectivity index (χ1v) is 6.84. The number of aromatic nitrogens is 2. The van der Waals surface area contributed by atoms with Gasteiger partial charge in [-0.05, 0) is 39.0 Å². The fourth-order valence-electron chi connectivity index (χ4n) is 1.92. The fourth-order valence-corrected chi connectivity index (χ4v) is 1.92. The number of fused-ring (bicyclic) bond motifs is 1. The lowest BCUT2D eigenvalue weighted by molar-refractivity contribution is -0.152. The first-order chi connectivity index (χ1) is 10.6. The van der Waals surface area contributed by atoms with E-state index in [-0.39, 0.29) is 17.6 Å². The average molecular weight is 327 g/mol. The number of alkyl halides is 3. The van der Waals surface area contributed by atoms with Crippen LogP contribution >= 0.6 is 0 Å². The van der Waals surface area contributed by atoms with Gasteiger partial charge in [0.05, 0.1) is 23.0 Å². The topological polar surface area (TPSA) is 64.1 Å². The van der Waals surface area contributed by atoms with Crippen LogP contribution in [0, 0.1) is 0 Å². The van der Waals surface area contributed by atoms with E-state index in [1.165, 1.54) is 12.3 Å². The Morgan fingerprint density at radius 2 is 1.96 bits per heavy atom. The molecule has 0 amide bonds. The molecule has 0 atom stereocenters. The molecule has 0 aliphatic heterocycles. The SMILES string of the molecule is CC(C)(C)OC(=O)CNc1cnnc2ccc(C(F)(F)F)cc12. The first kappa shape index (κ1) is 17.0. The summed E-state index contributed by atoms with van der Waals surface area (Å²) >= 11 is 0. The summed E-state index contributed by atoms with van der Waals surface area (Å²) < 4.78 is 43.6. The Bertz CT molecular complexity index is 724. The van der Waals surface area contributed by atoms with Gasteiger partial charge in [-0.2, -0.15) is 23.4 Å². The number of anilines is 1. The van der Waals surface area contributed by atoms with Crippen molar-refractivity contribution in [1.82, 2.24) is 10.2 Å². The lowest BCUT2D eigenvalue weighted by atomic mass is 10.1. The van der Waals surface area contributed by atoms with E-state index in [2.05, 4.69) is 15.5 Å². The normalized spacial score (nSPS) is 12.3. The molecule has 0 radical (unpaired) electrons. The number of halogens is 3. The lowest BCUT2D eigenvalue weighted by Gasteiger charge is -2.20. The number of carbonyl (C=O) groups excluding carboxylic acids is 1. The van der Waals surface area contributed by atoms with Crippen LogP contribution in [0.25, 0.3) is 10.9 Å². The van der Waals surface area contributed by atoms with Crippen molar-refractivity contribution in [2.24, 2.45) is 0 Å². The van der Waals surface area contributed by atoms with E-state index in [0.29, 0.717) is 5.52 Å². The highest BCUT2D eigenvalue weighted by molar-refractivity contribution is 5.92. The van der Waals surface area contributed by atoms with Crippen molar-refractivity contribution in [3.8, 4) is 0 Å². The van der Waals surface area contributed by atoms with Crippen molar-refractivity contribution < 1.29 is 22.7 Å². The summed E-state index contributed by atoms with van der Waals surface area (Å²) in [6, 6.07) is 3.15. The number of hydrogen-bond donors (Lipinski definition) is 1. The van der Waals surface area contributed by atoms with E-state index in [4.69, 9.17) is 4.74 Å². The van der Waals surface area contributed by atoms with Gasteiger partial charge in [-0.15, -0.1) is 0 Å². The Balaban J connectivity index is 2.25. The molecule has 0 fully saturated rings.